The van der Waals surface area contributed by atoms with E-state index in [2.05, 4.69) is 10.1 Å². The minimum absolute atomic E-state index is 0.527. The molecule has 2 heterocycles. The van der Waals surface area contributed by atoms with Crippen LogP contribution in [0.4, 0.5) is 0 Å². The van der Waals surface area contributed by atoms with Gasteiger partial charge in [-0.2, -0.15) is 0 Å². The number of hydrogen-bond acceptors (Lipinski definition) is 12. The number of nitrogens with one attached hydrogen (secondary N) is 1. The van der Waals surface area contributed by atoms with Crippen LogP contribution in [0.3, 0.4) is 0 Å². The Bertz CT molecular complexity index is 466. The van der Waals surface area contributed by atoms with Crippen LogP contribution < -0.4 is 5.32 Å². The van der Waals surface area contributed by atoms with Gasteiger partial charge in [0.15, 0.2) is 25.0 Å². The molecule has 2 fully saturated rings. The van der Waals surface area contributed by atoms with Gasteiger partial charge in [0.25, 0.3) is 6.29 Å². The average Bonchev–Trinajstić information content (AvgIpc) is 2.65. The fourth-order valence-electron chi connectivity index (χ4n) is 2.79. The van der Waals surface area contributed by atoms with Crippen molar-refractivity contribution in [2.75, 3.05) is 27.9 Å². The predicted molar refractivity (Wildman–Crippen MR) is 80.3 cm³/mol. The third-order valence-electron chi connectivity index (χ3n) is 4.20. The first-order valence-corrected chi connectivity index (χ1v) is 7.92. The summed E-state index contributed by atoms with van der Waals surface area (Å²) < 4.78 is 30.6. The predicted octanol–water partition coefficient (Wildman–Crippen LogP) is -3.76. The molecule has 0 saturated carbocycles. The van der Waals surface area contributed by atoms with E-state index in [4.69, 9.17) is 23.7 Å². The molecule has 9 atom stereocenters. The molecule has 2 aliphatic heterocycles. The molecule has 26 heavy (non-hydrogen) atoms. The lowest BCUT2D eigenvalue weighted by Gasteiger charge is -2.45. The molecule has 0 aliphatic carbocycles. The van der Waals surface area contributed by atoms with Gasteiger partial charge in [0.1, 0.15) is 18.3 Å². The van der Waals surface area contributed by atoms with Crippen molar-refractivity contribution >= 4 is 5.97 Å². The van der Waals surface area contributed by atoms with Crippen LogP contribution in [-0.2, 0) is 33.2 Å². The highest BCUT2D eigenvalue weighted by Crippen LogP contribution is 2.28. The van der Waals surface area contributed by atoms with Gasteiger partial charge in [-0.3, -0.25) is 0 Å². The van der Waals surface area contributed by atoms with Crippen molar-refractivity contribution < 1.29 is 53.6 Å². The first-order valence-electron chi connectivity index (χ1n) is 7.92. The second kappa shape index (κ2) is 9.32. The number of ether oxygens (including phenoxy) is 6. The second-order valence-electron chi connectivity index (χ2n) is 5.74. The molecule has 2 aliphatic rings. The summed E-state index contributed by atoms with van der Waals surface area (Å²) in [5.74, 6) is -0.948. The Kier molecular flexibility index (Phi) is 7.66. The summed E-state index contributed by atoms with van der Waals surface area (Å²) in [5.41, 5.74) is 0. The van der Waals surface area contributed by atoms with Crippen LogP contribution in [0.2, 0.25) is 0 Å². The maximum atomic E-state index is 11.6. The van der Waals surface area contributed by atoms with Crippen LogP contribution in [0.1, 0.15) is 0 Å². The topological polar surface area (TPSA) is 165 Å². The molecule has 9 unspecified atom stereocenters. The van der Waals surface area contributed by atoms with Gasteiger partial charge in [0.2, 0.25) is 0 Å². The summed E-state index contributed by atoms with van der Waals surface area (Å²) in [5, 5.41) is 42.6. The Labute approximate surface area is 149 Å². The van der Waals surface area contributed by atoms with E-state index in [-0.39, 0.29) is 0 Å². The zero-order chi connectivity index (χ0) is 19.4. The van der Waals surface area contributed by atoms with Crippen molar-refractivity contribution in [2.24, 2.45) is 0 Å². The van der Waals surface area contributed by atoms with Crippen molar-refractivity contribution in [1.29, 1.82) is 0 Å². The molecular formula is C14H25NO11. The molecule has 0 aromatic rings. The minimum atomic E-state index is -1.79. The summed E-state index contributed by atoms with van der Waals surface area (Å²) >= 11 is 0. The fourth-order valence-corrected chi connectivity index (χ4v) is 2.79. The number of hydrogen-bond donors (Lipinski definition) is 5. The minimum Gasteiger partial charge on any atom is -0.465 e. The van der Waals surface area contributed by atoms with Gasteiger partial charge in [-0.15, -0.1) is 0 Å². The molecule has 2 saturated heterocycles. The highest BCUT2D eigenvalue weighted by atomic mass is 16.8. The van der Waals surface area contributed by atoms with E-state index < -0.39 is 68.2 Å². The molecule has 5 N–H and O–H groups in total. The number of likely N-dealkylation sites (N-methyl/N-ethyl adjacent to an activating group) is 1. The van der Waals surface area contributed by atoms with Crippen LogP contribution in [-0.4, -0.2) is 110 Å². The molecular weight excluding hydrogens is 358 g/mol. The summed E-state index contributed by atoms with van der Waals surface area (Å²) in [7, 11) is 4.03. The zero-order valence-electron chi connectivity index (χ0n) is 14.5. The third kappa shape index (κ3) is 4.31. The van der Waals surface area contributed by atoms with Crippen LogP contribution >= 0.6 is 0 Å². The SMILES string of the molecule is CNC1C(OC)OC(CO)C(OC2OC(C(=O)OC)OC(O)C2O)C1O. The average molecular weight is 383 g/mol. The number of rotatable bonds is 6. The fraction of sp³-hybridized carbons (Fsp3) is 0.929. The second-order valence-corrected chi connectivity index (χ2v) is 5.74. The Hall–Kier alpha value is -0.930. The number of esters is 1. The highest BCUT2D eigenvalue weighted by molar-refractivity contribution is 5.73. The van der Waals surface area contributed by atoms with Crippen molar-refractivity contribution in [2.45, 2.75) is 55.6 Å². The Morgan fingerprint density at radius 2 is 1.77 bits per heavy atom. The van der Waals surface area contributed by atoms with Crippen molar-refractivity contribution in [3.63, 3.8) is 0 Å². The lowest BCUT2D eigenvalue weighted by Crippen LogP contribution is -2.65. The van der Waals surface area contributed by atoms with E-state index in [1.54, 1.807) is 7.05 Å². The van der Waals surface area contributed by atoms with E-state index in [1.165, 1.54) is 7.11 Å². The van der Waals surface area contributed by atoms with Crippen molar-refractivity contribution in [3.8, 4) is 0 Å². The zero-order valence-corrected chi connectivity index (χ0v) is 14.5. The van der Waals surface area contributed by atoms with Gasteiger partial charge >= 0.3 is 5.97 Å². The van der Waals surface area contributed by atoms with Gasteiger partial charge in [-0.1, -0.05) is 0 Å². The van der Waals surface area contributed by atoms with Gasteiger partial charge in [0, 0.05) is 7.11 Å². The van der Waals surface area contributed by atoms with Crippen LogP contribution in [0.25, 0.3) is 0 Å². The van der Waals surface area contributed by atoms with Gasteiger partial charge in [0.05, 0.1) is 19.8 Å². The lowest BCUT2D eigenvalue weighted by molar-refractivity contribution is -0.394. The Balaban J connectivity index is 2.15. The van der Waals surface area contributed by atoms with E-state index in [0.29, 0.717) is 0 Å². The van der Waals surface area contributed by atoms with Gasteiger partial charge in [-0.25, -0.2) is 4.79 Å². The van der Waals surface area contributed by atoms with E-state index in [0.717, 1.165) is 7.11 Å². The summed E-state index contributed by atoms with van der Waals surface area (Å²) in [6.45, 7) is -0.527. The maximum Gasteiger partial charge on any atom is 0.363 e. The van der Waals surface area contributed by atoms with Crippen LogP contribution in [0.15, 0.2) is 0 Å². The lowest BCUT2D eigenvalue weighted by atomic mass is 9.96. The van der Waals surface area contributed by atoms with Crippen molar-refractivity contribution in [1.82, 2.24) is 5.32 Å². The molecule has 152 valence electrons. The standard InChI is InChI=1S/C14H25NO11/c1-15-6-7(17)9(5(4-16)23-12(6)22-3)24-13-8(18)10(19)25-14(26-13)11(20)21-2/h5-10,12-19H,4H2,1-3H3. The van der Waals surface area contributed by atoms with E-state index >= 15 is 0 Å². The van der Waals surface area contributed by atoms with Crippen molar-refractivity contribution in [3.05, 3.63) is 0 Å². The van der Waals surface area contributed by atoms with E-state index in [9.17, 15) is 25.2 Å². The highest BCUT2D eigenvalue weighted by Gasteiger charge is 2.49. The molecule has 0 spiro atoms. The number of carbonyl (C=O) groups excluding carboxylic acids is 1. The van der Waals surface area contributed by atoms with Crippen LogP contribution in [0, 0.1) is 0 Å². The van der Waals surface area contributed by atoms with E-state index in [1.807, 2.05) is 0 Å². The summed E-state index contributed by atoms with van der Waals surface area (Å²) in [4.78, 5) is 11.6. The number of methoxy groups -OCH3 is 2. The number of aliphatic hydroxyl groups is 4. The normalized spacial score (nSPS) is 43.9. The molecule has 0 amide bonds. The summed E-state index contributed by atoms with van der Waals surface area (Å²) in [6, 6.07) is -0.717. The Morgan fingerprint density at radius 3 is 2.31 bits per heavy atom. The monoisotopic (exact) mass is 383 g/mol. The van der Waals surface area contributed by atoms with Gasteiger partial charge in [-0.05, 0) is 7.05 Å². The maximum absolute atomic E-state index is 11.6. The smallest absolute Gasteiger partial charge is 0.363 e. The molecule has 12 heteroatoms. The molecule has 0 aromatic carbocycles. The Morgan fingerprint density at radius 1 is 1.08 bits per heavy atom. The molecule has 0 aromatic heterocycles. The molecule has 12 nitrogen and oxygen atoms in total. The molecule has 0 bridgehead atoms. The third-order valence-corrected chi connectivity index (χ3v) is 4.20. The first-order chi connectivity index (χ1) is 12.4. The summed E-state index contributed by atoms with van der Waals surface area (Å²) in [6.07, 6.45) is -11.0. The molecule has 0 radical (unpaired) electrons. The first kappa shape index (κ1) is 21.4. The largest absolute Gasteiger partial charge is 0.465 e. The van der Waals surface area contributed by atoms with Crippen LogP contribution in [0.5, 0.6) is 0 Å². The number of carbonyl (C=O) groups is 1. The quantitative estimate of drug-likeness (QED) is 0.285. The number of aliphatic hydroxyl groups excluding tert-OH is 4. The molecule has 2 rings (SSSR count). The van der Waals surface area contributed by atoms with Gasteiger partial charge < -0.3 is 54.2 Å².